The summed E-state index contributed by atoms with van der Waals surface area (Å²) in [5.41, 5.74) is 5.39. The predicted octanol–water partition coefficient (Wildman–Crippen LogP) is -3.24. The van der Waals surface area contributed by atoms with E-state index in [4.69, 9.17) is 21.1 Å². The average Bonchev–Trinajstić information content (AvgIpc) is 3.13. The Kier molecular flexibility index (Phi) is 9.15. The van der Waals surface area contributed by atoms with Crippen LogP contribution in [0.1, 0.15) is 19.3 Å². The van der Waals surface area contributed by atoms with Crippen molar-refractivity contribution in [3.05, 3.63) is 0 Å². The van der Waals surface area contributed by atoms with Crippen LogP contribution in [0.3, 0.4) is 0 Å². The highest BCUT2D eigenvalue weighted by Crippen LogP contribution is 2.19. The minimum atomic E-state index is -1.63. The number of rotatable bonds is 10. The number of likely N-dealkylation sites (tertiary alicyclic amines) is 1. The maximum absolute atomic E-state index is 12.7. The molecular weight excluding hydrogens is 396 g/mol. The van der Waals surface area contributed by atoms with Gasteiger partial charge in [-0.25, -0.2) is 4.79 Å². The van der Waals surface area contributed by atoms with E-state index in [-0.39, 0.29) is 18.7 Å². The Hall–Kier alpha value is -2.38. The lowest BCUT2D eigenvalue weighted by atomic mass is 10.1. The molecule has 0 spiro atoms. The third kappa shape index (κ3) is 6.35. The van der Waals surface area contributed by atoms with Crippen LogP contribution in [0.2, 0.25) is 0 Å². The molecule has 13 heteroatoms. The monoisotopic (exact) mass is 420 g/mol. The number of aliphatic carboxylic acids is 2. The molecule has 12 nitrogen and oxygen atoms in total. The number of nitrogens with one attached hydrogen (secondary N) is 2. The van der Waals surface area contributed by atoms with Gasteiger partial charge in [0.05, 0.1) is 13.0 Å². The molecule has 158 valence electrons. The molecule has 4 unspecified atom stereocenters. The van der Waals surface area contributed by atoms with Crippen LogP contribution in [0.15, 0.2) is 0 Å². The largest absolute Gasteiger partial charge is 0.481 e. The molecule has 1 saturated heterocycles. The second-order valence-electron chi connectivity index (χ2n) is 6.22. The summed E-state index contributed by atoms with van der Waals surface area (Å²) in [6, 6.07) is -4.96. The molecule has 1 heterocycles. The van der Waals surface area contributed by atoms with Crippen LogP contribution >= 0.6 is 12.6 Å². The number of nitrogens with two attached hydrogens (primary N) is 1. The van der Waals surface area contributed by atoms with Gasteiger partial charge in [0.2, 0.25) is 17.7 Å². The highest BCUT2D eigenvalue weighted by atomic mass is 32.1. The lowest BCUT2D eigenvalue weighted by molar-refractivity contribution is -0.148. The van der Waals surface area contributed by atoms with Crippen molar-refractivity contribution in [2.24, 2.45) is 5.73 Å². The SMILES string of the molecule is NC(CO)C(=O)NC(CS)C(=O)N1CCCC1C(=O)NC(CC(=O)O)C(=O)O. The van der Waals surface area contributed by atoms with Crippen molar-refractivity contribution < 1.29 is 39.3 Å². The Morgan fingerprint density at radius 3 is 2.29 bits per heavy atom. The van der Waals surface area contributed by atoms with Crippen LogP contribution in [-0.4, -0.2) is 93.0 Å². The van der Waals surface area contributed by atoms with Gasteiger partial charge >= 0.3 is 11.9 Å². The number of aliphatic hydroxyl groups excluding tert-OH is 1. The zero-order valence-electron chi connectivity index (χ0n) is 14.9. The number of hydrogen-bond donors (Lipinski definition) is 7. The lowest BCUT2D eigenvalue weighted by Crippen LogP contribution is -2.57. The van der Waals surface area contributed by atoms with E-state index in [0.29, 0.717) is 6.42 Å². The standard InChI is InChI=1S/C15H24N4O8S/c16-7(5-20)12(23)18-9(6-28)14(25)19-3-1-2-10(19)13(24)17-8(15(26)27)4-11(21)22/h7-10,20,28H,1-6,16H2,(H,17,24)(H,18,23)(H,21,22)(H,26,27). The summed E-state index contributed by atoms with van der Waals surface area (Å²) in [5, 5.41) is 31.2. The minimum Gasteiger partial charge on any atom is -0.481 e. The fourth-order valence-corrected chi connectivity index (χ4v) is 2.94. The molecule has 0 saturated carbocycles. The minimum absolute atomic E-state index is 0.0929. The van der Waals surface area contributed by atoms with E-state index in [1.807, 2.05) is 0 Å². The second-order valence-corrected chi connectivity index (χ2v) is 6.58. The number of nitrogens with zero attached hydrogens (tertiary/aromatic N) is 1. The van der Waals surface area contributed by atoms with Crippen molar-refractivity contribution in [3.63, 3.8) is 0 Å². The Morgan fingerprint density at radius 2 is 1.79 bits per heavy atom. The van der Waals surface area contributed by atoms with Gasteiger partial charge in [0.15, 0.2) is 0 Å². The lowest BCUT2D eigenvalue weighted by Gasteiger charge is -2.29. The van der Waals surface area contributed by atoms with E-state index >= 15 is 0 Å². The summed E-state index contributed by atoms with van der Waals surface area (Å²) in [7, 11) is 0. The van der Waals surface area contributed by atoms with E-state index in [2.05, 4.69) is 23.3 Å². The van der Waals surface area contributed by atoms with Crippen LogP contribution in [0.5, 0.6) is 0 Å². The van der Waals surface area contributed by atoms with Crippen LogP contribution in [0.4, 0.5) is 0 Å². The summed E-state index contributed by atoms with van der Waals surface area (Å²) in [4.78, 5) is 60.0. The van der Waals surface area contributed by atoms with E-state index in [9.17, 15) is 24.0 Å². The van der Waals surface area contributed by atoms with E-state index < -0.39 is 66.9 Å². The molecule has 0 aromatic carbocycles. The molecule has 28 heavy (non-hydrogen) atoms. The summed E-state index contributed by atoms with van der Waals surface area (Å²) >= 11 is 4.01. The Morgan fingerprint density at radius 1 is 1.14 bits per heavy atom. The van der Waals surface area contributed by atoms with Crippen molar-refractivity contribution in [2.75, 3.05) is 18.9 Å². The molecule has 4 atom stereocenters. The van der Waals surface area contributed by atoms with Gasteiger partial charge in [0.1, 0.15) is 24.2 Å². The molecule has 1 aliphatic heterocycles. The maximum Gasteiger partial charge on any atom is 0.326 e. The zero-order chi connectivity index (χ0) is 21.4. The number of amides is 3. The van der Waals surface area contributed by atoms with Gasteiger partial charge in [-0.3, -0.25) is 19.2 Å². The van der Waals surface area contributed by atoms with Gasteiger partial charge in [-0.15, -0.1) is 0 Å². The normalized spacial score (nSPS) is 19.4. The Labute approximate surface area is 165 Å². The van der Waals surface area contributed by atoms with Crippen molar-refractivity contribution >= 4 is 42.3 Å². The molecular formula is C15H24N4O8S. The third-order valence-corrected chi connectivity index (χ3v) is 4.53. The highest BCUT2D eigenvalue weighted by molar-refractivity contribution is 7.80. The van der Waals surface area contributed by atoms with Crippen molar-refractivity contribution in [2.45, 2.75) is 43.4 Å². The molecule has 0 aromatic heterocycles. The first kappa shape index (κ1) is 23.7. The van der Waals surface area contributed by atoms with Crippen LogP contribution in [0, 0.1) is 0 Å². The molecule has 0 aliphatic carbocycles. The molecule has 3 amide bonds. The van der Waals surface area contributed by atoms with Gasteiger partial charge in [-0.1, -0.05) is 0 Å². The number of hydrogen-bond acceptors (Lipinski definition) is 8. The zero-order valence-corrected chi connectivity index (χ0v) is 15.8. The molecule has 1 rings (SSSR count). The molecule has 1 aliphatic rings. The third-order valence-electron chi connectivity index (χ3n) is 4.16. The fraction of sp³-hybridized carbons (Fsp3) is 0.667. The number of carbonyl (C=O) groups is 5. The fourth-order valence-electron chi connectivity index (χ4n) is 2.69. The number of thiol groups is 1. The van der Waals surface area contributed by atoms with Gasteiger partial charge < -0.3 is 36.6 Å². The number of aliphatic hydroxyl groups is 1. The van der Waals surface area contributed by atoms with Crippen molar-refractivity contribution in [1.29, 1.82) is 0 Å². The Balaban J connectivity index is 2.84. The topological polar surface area (TPSA) is 199 Å². The summed E-state index contributed by atoms with van der Waals surface area (Å²) in [6.45, 7) is -0.423. The Bertz CT molecular complexity index is 631. The average molecular weight is 420 g/mol. The summed E-state index contributed by atoms with van der Waals surface area (Å²) < 4.78 is 0. The summed E-state index contributed by atoms with van der Waals surface area (Å²) in [5.74, 6) is -5.17. The highest BCUT2D eigenvalue weighted by Gasteiger charge is 2.39. The van der Waals surface area contributed by atoms with E-state index in [1.54, 1.807) is 0 Å². The van der Waals surface area contributed by atoms with Gasteiger partial charge in [-0.05, 0) is 12.8 Å². The first-order chi connectivity index (χ1) is 13.1. The number of carboxylic acid groups (broad SMARTS) is 2. The molecule has 0 bridgehead atoms. The number of carboxylic acids is 2. The first-order valence-electron chi connectivity index (χ1n) is 8.45. The smallest absolute Gasteiger partial charge is 0.326 e. The van der Waals surface area contributed by atoms with Gasteiger partial charge in [0.25, 0.3) is 0 Å². The quantitative estimate of drug-likeness (QED) is 0.177. The van der Waals surface area contributed by atoms with Crippen LogP contribution in [-0.2, 0) is 24.0 Å². The predicted molar refractivity (Wildman–Crippen MR) is 97.4 cm³/mol. The van der Waals surface area contributed by atoms with E-state index in [1.165, 1.54) is 4.90 Å². The van der Waals surface area contributed by atoms with Gasteiger partial charge in [-0.2, -0.15) is 12.6 Å². The molecule has 0 radical (unpaired) electrons. The molecule has 7 N–H and O–H groups in total. The first-order valence-corrected chi connectivity index (χ1v) is 9.08. The maximum atomic E-state index is 12.7. The molecule has 0 aromatic rings. The van der Waals surface area contributed by atoms with Crippen LogP contribution < -0.4 is 16.4 Å². The summed E-state index contributed by atoms with van der Waals surface area (Å²) in [6.07, 6.45) is -0.0969. The van der Waals surface area contributed by atoms with Crippen LogP contribution in [0.25, 0.3) is 0 Å². The number of carbonyl (C=O) groups excluding carboxylic acids is 3. The van der Waals surface area contributed by atoms with Crippen molar-refractivity contribution in [1.82, 2.24) is 15.5 Å². The van der Waals surface area contributed by atoms with Crippen molar-refractivity contribution in [3.8, 4) is 0 Å². The van der Waals surface area contributed by atoms with E-state index in [0.717, 1.165) is 0 Å². The second kappa shape index (κ2) is 10.8. The van der Waals surface area contributed by atoms with Gasteiger partial charge in [0, 0.05) is 12.3 Å². The molecule has 1 fully saturated rings.